The fraction of sp³-hybridized carbons (Fsp3) is 0.316. The van der Waals surface area contributed by atoms with Gasteiger partial charge in [-0.05, 0) is 55.0 Å². The largest absolute Gasteiger partial charge is 0.496 e. The lowest BCUT2D eigenvalue weighted by atomic mass is 10.2. The highest BCUT2D eigenvalue weighted by molar-refractivity contribution is 7.89. The molecule has 0 spiro atoms. The van der Waals surface area contributed by atoms with E-state index >= 15 is 0 Å². The normalized spacial score (nSPS) is 11.5. The summed E-state index contributed by atoms with van der Waals surface area (Å²) in [6.45, 7) is 3.23. The summed E-state index contributed by atoms with van der Waals surface area (Å²) in [5, 5.41) is 0. The molecule has 0 unspecified atom stereocenters. The molecule has 2 rings (SSSR count). The van der Waals surface area contributed by atoms with Gasteiger partial charge in [0.15, 0.2) is 0 Å². The molecule has 0 atom stereocenters. The second-order valence-corrected chi connectivity index (χ2v) is 7.93. The fourth-order valence-corrected chi connectivity index (χ4v) is 4.08. The van der Waals surface area contributed by atoms with E-state index in [0.717, 1.165) is 4.31 Å². The lowest BCUT2D eigenvalue weighted by Crippen LogP contribution is -2.41. The Morgan fingerprint density at radius 2 is 1.78 bits per heavy atom. The van der Waals surface area contributed by atoms with Crippen LogP contribution in [0.25, 0.3) is 0 Å². The number of carbonyl (C=O) groups excluding carboxylic acids is 1. The van der Waals surface area contributed by atoms with Gasteiger partial charge in [0.2, 0.25) is 15.9 Å². The van der Waals surface area contributed by atoms with Crippen LogP contribution < -0.4 is 9.64 Å². The summed E-state index contributed by atoms with van der Waals surface area (Å²) in [4.78, 5) is 13.9. The topological polar surface area (TPSA) is 66.9 Å². The first kappa shape index (κ1) is 20.9. The molecule has 146 valence electrons. The Morgan fingerprint density at radius 3 is 2.30 bits per heavy atom. The van der Waals surface area contributed by atoms with Gasteiger partial charge in [-0.1, -0.05) is 6.92 Å². The molecule has 0 N–H and O–H groups in total. The van der Waals surface area contributed by atoms with Gasteiger partial charge in [-0.3, -0.25) is 4.79 Å². The van der Waals surface area contributed by atoms with Crippen molar-refractivity contribution in [1.82, 2.24) is 4.31 Å². The van der Waals surface area contributed by atoms with Crippen LogP contribution in [0.4, 0.5) is 10.1 Å². The molecule has 0 saturated heterocycles. The number of aryl methyl sites for hydroxylation is 1. The van der Waals surface area contributed by atoms with E-state index in [1.807, 2.05) is 0 Å². The van der Waals surface area contributed by atoms with E-state index < -0.39 is 21.7 Å². The first-order valence-electron chi connectivity index (χ1n) is 8.37. The number of ether oxygens (including phenoxy) is 1. The number of amides is 1. The van der Waals surface area contributed by atoms with Crippen molar-refractivity contribution in [2.45, 2.75) is 18.7 Å². The molecular weight excluding hydrogens is 371 g/mol. The predicted octanol–water partition coefficient (Wildman–Crippen LogP) is 2.82. The van der Waals surface area contributed by atoms with Crippen LogP contribution in [-0.2, 0) is 14.8 Å². The summed E-state index contributed by atoms with van der Waals surface area (Å²) < 4.78 is 45.1. The third kappa shape index (κ3) is 4.64. The van der Waals surface area contributed by atoms with Gasteiger partial charge in [0.05, 0.1) is 18.6 Å². The minimum absolute atomic E-state index is 0.0971. The number of nitrogens with zero attached hydrogens (tertiary/aromatic N) is 2. The van der Waals surface area contributed by atoms with Gasteiger partial charge in [-0.2, -0.15) is 4.31 Å². The number of hydrogen-bond donors (Lipinski definition) is 0. The van der Waals surface area contributed by atoms with Gasteiger partial charge < -0.3 is 9.64 Å². The molecule has 0 aromatic heterocycles. The van der Waals surface area contributed by atoms with Gasteiger partial charge >= 0.3 is 0 Å². The van der Waals surface area contributed by atoms with Gasteiger partial charge in [0, 0.05) is 19.3 Å². The molecule has 0 saturated carbocycles. The van der Waals surface area contributed by atoms with Crippen molar-refractivity contribution >= 4 is 21.6 Å². The maximum Gasteiger partial charge on any atom is 0.243 e. The number of methoxy groups -OCH3 is 1. The second-order valence-electron chi connectivity index (χ2n) is 5.99. The van der Waals surface area contributed by atoms with Crippen LogP contribution in [0, 0.1) is 12.7 Å². The minimum Gasteiger partial charge on any atom is -0.496 e. The Balaban J connectivity index is 2.23. The van der Waals surface area contributed by atoms with E-state index in [-0.39, 0.29) is 18.0 Å². The van der Waals surface area contributed by atoms with Crippen LogP contribution in [0.15, 0.2) is 47.4 Å². The van der Waals surface area contributed by atoms with E-state index in [4.69, 9.17) is 4.74 Å². The molecule has 0 aliphatic heterocycles. The number of rotatable bonds is 7. The molecule has 0 heterocycles. The summed E-state index contributed by atoms with van der Waals surface area (Å²) >= 11 is 0. The predicted molar refractivity (Wildman–Crippen MR) is 102 cm³/mol. The number of sulfonamides is 1. The highest BCUT2D eigenvalue weighted by Gasteiger charge is 2.27. The van der Waals surface area contributed by atoms with Crippen LogP contribution in [0.2, 0.25) is 0 Å². The summed E-state index contributed by atoms with van der Waals surface area (Å²) in [5.74, 6) is -0.242. The van der Waals surface area contributed by atoms with Gasteiger partial charge in [0.25, 0.3) is 0 Å². The number of carbonyl (C=O) groups is 1. The molecule has 2 aromatic carbocycles. The molecule has 6 nitrogen and oxygen atoms in total. The number of likely N-dealkylation sites (N-methyl/N-ethyl adjacent to an activating group) is 2. The quantitative estimate of drug-likeness (QED) is 0.724. The van der Waals surface area contributed by atoms with Crippen molar-refractivity contribution in [2.24, 2.45) is 0 Å². The standard InChI is InChI=1S/C19H23FN2O4S/c1-5-22(13-19(23)21(3)16-8-6-15(20)7-9-16)27(24,25)17-10-11-18(26-4)14(2)12-17/h6-12H,5,13H2,1-4H3. The zero-order valence-electron chi connectivity index (χ0n) is 15.8. The third-order valence-corrected chi connectivity index (χ3v) is 6.17. The molecule has 8 heteroatoms. The van der Waals surface area contributed by atoms with Crippen molar-refractivity contribution in [3.63, 3.8) is 0 Å². The molecule has 0 fully saturated rings. The first-order valence-corrected chi connectivity index (χ1v) is 9.81. The summed E-state index contributed by atoms with van der Waals surface area (Å²) in [6, 6.07) is 9.97. The Bertz CT molecular complexity index is 914. The Morgan fingerprint density at radius 1 is 1.15 bits per heavy atom. The lowest BCUT2D eigenvalue weighted by Gasteiger charge is -2.24. The van der Waals surface area contributed by atoms with E-state index in [1.54, 1.807) is 19.9 Å². The fourth-order valence-electron chi connectivity index (χ4n) is 2.59. The van der Waals surface area contributed by atoms with Crippen molar-refractivity contribution < 1.29 is 22.3 Å². The maximum absolute atomic E-state index is 13.0. The molecule has 0 aliphatic rings. The van der Waals surface area contributed by atoms with Crippen molar-refractivity contribution in [3.05, 3.63) is 53.8 Å². The van der Waals surface area contributed by atoms with Crippen molar-refractivity contribution in [2.75, 3.05) is 32.1 Å². The van der Waals surface area contributed by atoms with Crippen molar-refractivity contribution in [3.8, 4) is 5.75 Å². The smallest absolute Gasteiger partial charge is 0.243 e. The number of anilines is 1. The Kier molecular flexibility index (Phi) is 6.56. The molecule has 0 aliphatic carbocycles. The zero-order valence-corrected chi connectivity index (χ0v) is 16.6. The van der Waals surface area contributed by atoms with E-state index in [2.05, 4.69) is 0 Å². The van der Waals surface area contributed by atoms with Gasteiger partial charge in [-0.15, -0.1) is 0 Å². The number of benzene rings is 2. The Hall–Kier alpha value is -2.45. The maximum atomic E-state index is 13.0. The van der Waals surface area contributed by atoms with Gasteiger partial charge in [0.1, 0.15) is 11.6 Å². The first-order chi connectivity index (χ1) is 12.7. The monoisotopic (exact) mass is 394 g/mol. The number of hydrogen-bond acceptors (Lipinski definition) is 4. The van der Waals surface area contributed by atoms with Crippen LogP contribution in [0.3, 0.4) is 0 Å². The van der Waals surface area contributed by atoms with Gasteiger partial charge in [-0.25, -0.2) is 12.8 Å². The molecule has 2 aromatic rings. The third-order valence-electron chi connectivity index (χ3n) is 4.26. The second kappa shape index (κ2) is 8.49. The zero-order chi connectivity index (χ0) is 20.2. The lowest BCUT2D eigenvalue weighted by molar-refractivity contribution is -0.118. The van der Waals surface area contributed by atoms with E-state index in [0.29, 0.717) is 17.0 Å². The van der Waals surface area contributed by atoms with E-state index in [1.165, 1.54) is 55.5 Å². The molecule has 0 bridgehead atoms. The molecular formula is C19H23FN2O4S. The van der Waals surface area contributed by atoms with Crippen LogP contribution in [0.1, 0.15) is 12.5 Å². The SMILES string of the molecule is CCN(CC(=O)N(C)c1ccc(F)cc1)S(=O)(=O)c1ccc(OC)c(C)c1. The van der Waals surface area contributed by atoms with E-state index in [9.17, 15) is 17.6 Å². The van der Waals surface area contributed by atoms with Crippen LogP contribution in [-0.4, -0.2) is 45.9 Å². The minimum atomic E-state index is -3.85. The highest BCUT2D eigenvalue weighted by atomic mass is 32.2. The summed E-state index contributed by atoms with van der Waals surface area (Å²) in [6.07, 6.45) is 0. The van der Waals surface area contributed by atoms with Crippen molar-refractivity contribution in [1.29, 1.82) is 0 Å². The van der Waals surface area contributed by atoms with Crippen LogP contribution in [0.5, 0.6) is 5.75 Å². The highest BCUT2D eigenvalue weighted by Crippen LogP contribution is 2.24. The molecule has 1 amide bonds. The average Bonchev–Trinajstić information content (AvgIpc) is 2.65. The van der Waals surface area contributed by atoms with Crippen LogP contribution >= 0.6 is 0 Å². The number of halogens is 1. The summed E-state index contributed by atoms with van der Waals surface area (Å²) in [5.41, 5.74) is 1.17. The Labute approximate surface area is 159 Å². The summed E-state index contributed by atoms with van der Waals surface area (Å²) in [7, 11) is -0.812. The average molecular weight is 394 g/mol. The molecule has 0 radical (unpaired) electrons. The molecule has 27 heavy (non-hydrogen) atoms.